The molecule has 3 amide bonds. The highest BCUT2D eigenvalue weighted by molar-refractivity contribution is 7.89. The molecule has 1 aromatic carbocycles. The Hall–Kier alpha value is -2.79. The van der Waals surface area contributed by atoms with E-state index in [1.165, 1.54) is 27.1 Å². The number of fused-ring (bicyclic) bond motifs is 1. The molecule has 1 saturated heterocycles. The summed E-state index contributed by atoms with van der Waals surface area (Å²) < 4.78 is 31.0. The lowest BCUT2D eigenvalue weighted by molar-refractivity contribution is -0.159. The van der Waals surface area contributed by atoms with Gasteiger partial charge in [0, 0.05) is 20.6 Å². The first-order chi connectivity index (χ1) is 15.6. The van der Waals surface area contributed by atoms with E-state index in [1.807, 2.05) is 0 Å². The number of carbonyl (C=O) groups excluding carboxylic acids is 4. The van der Waals surface area contributed by atoms with E-state index < -0.39 is 34.5 Å². The zero-order valence-electron chi connectivity index (χ0n) is 18.9. The Kier molecular flexibility index (Phi) is 7.53. The average molecular weight is 480 g/mol. The summed E-state index contributed by atoms with van der Waals surface area (Å²) >= 11 is 0. The molecular weight excluding hydrogens is 450 g/mol. The van der Waals surface area contributed by atoms with Gasteiger partial charge in [0.25, 0.3) is 5.91 Å². The number of carbonyl (C=O) groups is 4. The number of esters is 1. The monoisotopic (exact) mass is 479 g/mol. The third-order valence-electron chi connectivity index (χ3n) is 6.16. The summed E-state index contributed by atoms with van der Waals surface area (Å²) in [5, 5.41) is 2.53. The van der Waals surface area contributed by atoms with Gasteiger partial charge in [-0.3, -0.25) is 19.3 Å². The Morgan fingerprint density at radius 3 is 2.27 bits per heavy atom. The highest BCUT2D eigenvalue weighted by Crippen LogP contribution is 2.38. The van der Waals surface area contributed by atoms with Gasteiger partial charge in [0.05, 0.1) is 16.7 Å². The van der Waals surface area contributed by atoms with Crippen molar-refractivity contribution in [3.8, 4) is 0 Å². The van der Waals surface area contributed by atoms with E-state index >= 15 is 0 Å². The Morgan fingerprint density at radius 1 is 1.12 bits per heavy atom. The fourth-order valence-corrected chi connectivity index (χ4v) is 5.39. The lowest BCUT2D eigenvalue weighted by Gasteiger charge is -2.21. The largest absolute Gasteiger partial charge is 0.454 e. The number of ether oxygens (including phenoxy) is 1. The standard InChI is InChI=1S/C22H29N3O7S/c1-14(25-20(27)16-9-5-6-10-17(16)21(25)28)22(29)32-13-19(26)23-12-15-8-4-7-11-18(15)33(30,31)24(2)3/h4,7-8,11,14,16-17H,5-6,9-10,12-13H2,1-3H3,(H,23,26)/t14-,16?,17?/m0/s1. The minimum absolute atomic E-state index is 0.0634. The average Bonchev–Trinajstić information content (AvgIpc) is 3.05. The maximum atomic E-state index is 12.6. The third-order valence-corrected chi connectivity index (χ3v) is 8.07. The second kappa shape index (κ2) is 10.0. The van der Waals surface area contributed by atoms with Crippen LogP contribution in [0.4, 0.5) is 0 Å². The van der Waals surface area contributed by atoms with Crippen molar-refractivity contribution in [2.75, 3.05) is 20.7 Å². The highest BCUT2D eigenvalue weighted by atomic mass is 32.2. The number of nitrogens with zero attached hydrogens (tertiary/aromatic N) is 2. The molecule has 0 spiro atoms. The van der Waals surface area contributed by atoms with Crippen LogP contribution in [0.2, 0.25) is 0 Å². The van der Waals surface area contributed by atoms with Crippen LogP contribution in [-0.2, 0) is 40.5 Å². The number of rotatable bonds is 8. The van der Waals surface area contributed by atoms with Gasteiger partial charge in [-0.05, 0) is 31.4 Å². The van der Waals surface area contributed by atoms with Crippen molar-refractivity contribution in [1.82, 2.24) is 14.5 Å². The molecule has 0 bridgehead atoms. The molecule has 1 saturated carbocycles. The normalized spacial score (nSPS) is 21.6. The second-order valence-corrected chi connectivity index (χ2v) is 10.6. The van der Waals surface area contributed by atoms with Gasteiger partial charge in [-0.1, -0.05) is 31.0 Å². The van der Waals surface area contributed by atoms with Crippen LogP contribution in [0.25, 0.3) is 0 Å². The summed E-state index contributed by atoms with van der Waals surface area (Å²) in [6.07, 6.45) is 3.04. The minimum Gasteiger partial charge on any atom is -0.454 e. The van der Waals surface area contributed by atoms with E-state index in [-0.39, 0.29) is 35.1 Å². The highest BCUT2D eigenvalue weighted by Gasteiger charge is 2.51. The molecule has 1 aliphatic carbocycles. The molecule has 3 rings (SSSR count). The molecule has 2 unspecified atom stereocenters. The summed E-state index contributed by atoms with van der Waals surface area (Å²) in [6.45, 7) is 0.714. The zero-order chi connectivity index (χ0) is 24.3. The van der Waals surface area contributed by atoms with Gasteiger partial charge in [0.2, 0.25) is 21.8 Å². The van der Waals surface area contributed by atoms with Gasteiger partial charge in [-0.2, -0.15) is 0 Å². The summed E-state index contributed by atoms with van der Waals surface area (Å²) in [4.78, 5) is 50.9. The van der Waals surface area contributed by atoms with Crippen LogP contribution >= 0.6 is 0 Å². The number of nitrogens with one attached hydrogen (secondary N) is 1. The number of hydrogen-bond donors (Lipinski definition) is 1. The van der Waals surface area contributed by atoms with Crippen LogP contribution in [0.3, 0.4) is 0 Å². The summed E-state index contributed by atoms with van der Waals surface area (Å²) in [5.74, 6) is -2.93. The molecule has 3 atom stereocenters. The van der Waals surface area contributed by atoms with Gasteiger partial charge in [-0.15, -0.1) is 0 Å². The first-order valence-electron chi connectivity index (χ1n) is 10.9. The van der Waals surface area contributed by atoms with E-state index in [2.05, 4.69) is 5.32 Å². The maximum Gasteiger partial charge on any atom is 0.329 e. The molecule has 1 aromatic rings. The number of amides is 3. The first-order valence-corrected chi connectivity index (χ1v) is 12.3. The van der Waals surface area contributed by atoms with E-state index in [0.29, 0.717) is 18.4 Å². The summed E-state index contributed by atoms with van der Waals surface area (Å²) in [5.41, 5.74) is 0.384. The maximum absolute atomic E-state index is 12.6. The Balaban J connectivity index is 1.55. The van der Waals surface area contributed by atoms with Crippen LogP contribution in [-0.4, -0.2) is 68.1 Å². The predicted octanol–water partition coefficient (Wildman–Crippen LogP) is 0.660. The molecule has 10 nitrogen and oxygen atoms in total. The molecular formula is C22H29N3O7S. The van der Waals surface area contributed by atoms with Crippen molar-refractivity contribution in [3.63, 3.8) is 0 Å². The summed E-state index contributed by atoms with van der Waals surface area (Å²) in [7, 11) is -0.869. The minimum atomic E-state index is -3.69. The molecule has 2 fully saturated rings. The lowest BCUT2D eigenvalue weighted by Crippen LogP contribution is -2.45. The van der Waals surface area contributed by atoms with Crippen molar-refractivity contribution in [2.45, 2.75) is 50.1 Å². The fourth-order valence-electron chi connectivity index (χ4n) is 4.28. The molecule has 11 heteroatoms. The van der Waals surface area contributed by atoms with Crippen molar-refractivity contribution >= 4 is 33.7 Å². The topological polar surface area (TPSA) is 130 Å². The second-order valence-electron chi connectivity index (χ2n) is 8.50. The van der Waals surface area contributed by atoms with Crippen LogP contribution < -0.4 is 5.32 Å². The van der Waals surface area contributed by atoms with Gasteiger partial charge in [0.15, 0.2) is 6.61 Å². The first kappa shape index (κ1) is 24.8. The number of hydrogen-bond acceptors (Lipinski definition) is 7. The molecule has 1 N–H and O–H groups in total. The van der Waals surface area contributed by atoms with E-state index in [4.69, 9.17) is 4.74 Å². The van der Waals surface area contributed by atoms with Gasteiger partial charge >= 0.3 is 5.97 Å². The fraction of sp³-hybridized carbons (Fsp3) is 0.545. The summed E-state index contributed by atoms with van der Waals surface area (Å²) in [6, 6.07) is 5.14. The van der Waals surface area contributed by atoms with Crippen molar-refractivity contribution in [1.29, 1.82) is 0 Å². The quantitative estimate of drug-likeness (QED) is 0.428. The molecule has 180 valence electrons. The smallest absolute Gasteiger partial charge is 0.329 e. The third kappa shape index (κ3) is 5.09. The predicted molar refractivity (Wildman–Crippen MR) is 117 cm³/mol. The molecule has 1 aliphatic heterocycles. The molecule has 1 heterocycles. The molecule has 0 radical (unpaired) electrons. The molecule has 33 heavy (non-hydrogen) atoms. The number of likely N-dealkylation sites (tertiary alicyclic amines) is 1. The van der Waals surface area contributed by atoms with Crippen LogP contribution in [0, 0.1) is 11.8 Å². The van der Waals surface area contributed by atoms with Crippen LogP contribution in [0.15, 0.2) is 29.2 Å². The van der Waals surface area contributed by atoms with Crippen molar-refractivity contribution in [3.05, 3.63) is 29.8 Å². The van der Waals surface area contributed by atoms with Crippen LogP contribution in [0.1, 0.15) is 38.2 Å². The lowest BCUT2D eigenvalue weighted by atomic mass is 9.81. The SMILES string of the molecule is C[C@@H](C(=O)OCC(=O)NCc1ccccc1S(=O)(=O)N(C)C)N1C(=O)C2CCCCC2C1=O. The van der Waals surface area contributed by atoms with Crippen molar-refractivity contribution in [2.24, 2.45) is 11.8 Å². The number of imide groups is 1. The molecule has 0 aromatic heterocycles. The zero-order valence-corrected chi connectivity index (χ0v) is 19.8. The van der Waals surface area contributed by atoms with E-state index in [9.17, 15) is 27.6 Å². The van der Waals surface area contributed by atoms with Gasteiger partial charge in [-0.25, -0.2) is 17.5 Å². The number of benzene rings is 1. The van der Waals surface area contributed by atoms with E-state index in [1.54, 1.807) is 18.2 Å². The van der Waals surface area contributed by atoms with E-state index in [0.717, 1.165) is 22.0 Å². The Labute approximate surface area is 193 Å². The van der Waals surface area contributed by atoms with Crippen LogP contribution in [0.5, 0.6) is 0 Å². The van der Waals surface area contributed by atoms with Gasteiger partial charge < -0.3 is 10.1 Å². The van der Waals surface area contributed by atoms with Gasteiger partial charge in [0.1, 0.15) is 6.04 Å². The Morgan fingerprint density at radius 2 is 1.70 bits per heavy atom. The Bertz CT molecular complexity index is 1030. The van der Waals surface area contributed by atoms with Crippen molar-refractivity contribution < 1.29 is 32.3 Å². The molecule has 2 aliphatic rings. The number of sulfonamides is 1.